The van der Waals surface area contributed by atoms with Gasteiger partial charge in [-0.3, -0.25) is 9.51 Å². The van der Waals surface area contributed by atoms with Gasteiger partial charge in [-0.05, 0) is 41.8 Å². The molecule has 0 unspecified atom stereocenters. The molecule has 2 aromatic carbocycles. The summed E-state index contributed by atoms with van der Waals surface area (Å²) in [6, 6.07) is 18.5. The fourth-order valence-electron chi connectivity index (χ4n) is 3.47. The maximum absolute atomic E-state index is 11.7. The summed E-state index contributed by atoms with van der Waals surface area (Å²) >= 11 is 0. The topological polar surface area (TPSA) is 112 Å². The van der Waals surface area contributed by atoms with Gasteiger partial charge in [-0.1, -0.05) is 48.5 Å². The lowest BCUT2D eigenvalue weighted by atomic mass is 9.99. The van der Waals surface area contributed by atoms with Crippen LogP contribution >= 0.6 is 0 Å². The Balaban J connectivity index is 1.73. The number of aromatic nitrogens is 3. The molecule has 0 radical (unpaired) electrons. The molecule has 0 aliphatic heterocycles. The number of hydrogen-bond donors (Lipinski definition) is 2. The third-order valence-electron chi connectivity index (χ3n) is 4.83. The Bertz CT molecular complexity index is 1260. The fourth-order valence-corrected chi connectivity index (χ4v) is 3.47. The Morgan fingerprint density at radius 2 is 1.81 bits per heavy atom. The van der Waals surface area contributed by atoms with Crippen LogP contribution < -0.4 is 10.7 Å². The summed E-state index contributed by atoms with van der Waals surface area (Å²) in [5, 5.41) is 13.4. The minimum Gasteiger partial charge on any atom is -0.478 e. The van der Waals surface area contributed by atoms with Crippen molar-refractivity contribution in [1.82, 2.24) is 15.1 Å². The summed E-state index contributed by atoms with van der Waals surface area (Å²) in [4.78, 5) is 31.8. The van der Waals surface area contributed by atoms with Gasteiger partial charge in [0.15, 0.2) is 5.82 Å². The first-order valence-corrected chi connectivity index (χ1v) is 9.80. The van der Waals surface area contributed by atoms with Crippen molar-refractivity contribution in [1.29, 1.82) is 0 Å². The van der Waals surface area contributed by atoms with Gasteiger partial charge in [0.05, 0.1) is 0 Å². The second-order valence-corrected chi connectivity index (χ2v) is 6.87. The van der Waals surface area contributed by atoms with E-state index in [0.717, 1.165) is 28.8 Å². The van der Waals surface area contributed by atoms with Crippen LogP contribution in [0.5, 0.6) is 0 Å². The Hall–Kier alpha value is -4.20. The second kappa shape index (κ2) is 8.66. The minimum atomic E-state index is -1.02. The summed E-state index contributed by atoms with van der Waals surface area (Å²) in [6.07, 6.45) is 2.41. The highest BCUT2D eigenvalue weighted by Gasteiger charge is 2.19. The molecule has 0 fully saturated rings. The number of carbonyl (C=O) groups is 1. The Morgan fingerprint density at radius 1 is 1.06 bits per heavy atom. The molecule has 8 nitrogen and oxygen atoms in total. The molecule has 0 bridgehead atoms. The first-order valence-electron chi connectivity index (χ1n) is 9.80. The summed E-state index contributed by atoms with van der Waals surface area (Å²) in [5.41, 5.74) is 3.52. The second-order valence-electron chi connectivity index (χ2n) is 6.87. The quantitative estimate of drug-likeness (QED) is 0.461. The molecule has 0 saturated heterocycles. The van der Waals surface area contributed by atoms with E-state index in [-0.39, 0.29) is 5.56 Å². The molecule has 0 saturated carbocycles. The maximum atomic E-state index is 11.7. The van der Waals surface area contributed by atoms with E-state index in [2.05, 4.69) is 19.6 Å². The number of carboxylic acid groups (broad SMARTS) is 1. The largest absolute Gasteiger partial charge is 0.478 e. The molecule has 0 spiro atoms. The SMILES string of the molecule is CCCN(c1ccc(-c2ccccc2-c2noc(=O)[nH]2)cc1)c1ncccc1C(=O)O. The van der Waals surface area contributed by atoms with Gasteiger partial charge < -0.3 is 10.0 Å². The number of rotatable bonds is 7. The highest BCUT2D eigenvalue weighted by atomic mass is 16.5. The lowest BCUT2D eigenvalue weighted by molar-refractivity contribution is 0.0697. The number of nitrogens with zero attached hydrogens (tertiary/aromatic N) is 3. The molecule has 156 valence electrons. The van der Waals surface area contributed by atoms with Crippen LogP contribution in [0.3, 0.4) is 0 Å². The van der Waals surface area contributed by atoms with Crippen molar-refractivity contribution in [3.8, 4) is 22.5 Å². The molecular formula is C23H20N4O4. The van der Waals surface area contributed by atoms with Crippen molar-refractivity contribution in [3.63, 3.8) is 0 Å². The first kappa shape index (κ1) is 20.1. The van der Waals surface area contributed by atoms with Crippen LogP contribution in [0.25, 0.3) is 22.5 Å². The predicted molar refractivity (Wildman–Crippen MR) is 116 cm³/mol. The van der Waals surface area contributed by atoms with Crippen LogP contribution in [0.1, 0.15) is 23.7 Å². The van der Waals surface area contributed by atoms with Gasteiger partial charge in [0.2, 0.25) is 0 Å². The van der Waals surface area contributed by atoms with E-state index in [1.54, 1.807) is 18.3 Å². The van der Waals surface area contributed by atoms with Crippen LogP contribution in [-0.2, 0) is 0 Å². The Morgan fingerprint density at radius 3 is 2.45 bits per heavy atom. The number of pyridine rings is 1. The van der Waals surface area contributed by atoms with E-state index in [9.17, 15) is 14.7 Å². The molecule has 2 heterocycles. The van der Waals surface area contributed by atoms with Crippen molar-refractivity contribution in [2.45, 2.75) is 13.3 Å². The Labute approximate surface area is 177 Å². The average Bonchev–Trinajstić information content (AvgIpc) is 3.24. The zero-order valence-electron chi connectivity index (χ0n) is 16.8. The number of anilines is 2. The molecule has 0 atom stereocenters. The van der Waals surface area contributed by atoms with E-state index >= 15 is 0 Å². The number of aromatic amines is 1. The molecule has 0 aliphatic rings. The number of nitrogens with one attached hydrogen (secondary N) is 1. The summed E-state index contributed by atoms with van der Waals surface area (Å²) in [6.45, 7) is 2.65. The zero-order chi connectivity index (χ0) is 21.8. The maximum Gasteiger partial charge on any atom is 0.439 e. The number of carboxylic acids is 1. The zero-order valence-corrected chi connectivity index (χ0v) is 16.8. The van der Waals surface area contributed by atoms with Gasteiger partial charge in [0, 0.05) is 24.0 Å². The van der Waals surface area contributed by atoms with E-state index in [1.807, 2.05) is 60.4 Å². The third-order valence-corrected chi connectivity index (χ3v) is 4.83. The standard InChI is InChI=1S/C23H20N4O4/c1-2-14-27(21-19(22(28)29)8-5-13-24-21)16-11-9-15(10-12-16)17-6-3-4-7-18(17)20-25-23(30)31-26-20/h3-13H,2,14H2,1H3,(H,28,29)(H,25,26,30). The molecule has 2 N–H and O–H groups in total. The van der Waals surface area contributed by atoms with Gasteiger partial charge in [-0.25, -0.2) is 14.6 Å². The highest BCUT2D eigenvalue weighted by Crippen LogP contribution is 2.33. The number of hydrogen-bond acceptors (Lipinski definition) is 6. The van der Waals surface area contributed by atoms with Gasteiger partial charge in [0.25, 0.3) is 0 Å². The molecule has 0 amide bonds. The van der Waals surface area contributed by atoms with Crippen molar-refractivity contribution in [3.05, 3.63) is 83.0 Å². The van der Waals surface area contributed by atoms with Gasteiger partial charge in [-0.15, -0.1) is 0 Å². The lowest BCUT2D eigenvalue weighted by Gasteiger charge is -2.25. The molecule has 4 aromatic rings. The minimum absolute atomic E-state index is 0.153. The molecule has 2 aromatic heterocycles. The van der Waals surface area contributed by atoms with Crippen LogP contribution in [0.4, 0.5) is 11.5 Å². The van der Waals surface area contributed by atoms with Crippen molar-refractivity contribution >= 4 is 17.5 Å². The average molecular weight is 416 g/mol. The van der Waals surface area contributed by atoms with Crippen molar-refractivity contribution < 1.29 is 14.4 Å². The summed E-state index contributed by atoms with van der Waals surface area (Å²) in [7, 11) is 0. The number of benzene rings is 2. The fraction of sp³-hybridized carbons (Fsp3) is 0.130. The van der Waals surface area contributed by atoms with Crippen LogP contribution in [0.2, 0.25) is 0 Å². The van der Waals surface area contributed by atoms with E-state index < -0.39 is 11.7 Å². The number of aromatic carboxylic acids is 1. The van der Waals surface area contributed by atoms with Crippen molar-refractivity contribution in [2.24, 2.45) is 0 Å². The highest BCUT2D eigenvalue weighted by molar-refractivity contribution is 5.94. The predicted octanol–water partition coefficient (Wildman–Crippen LogP) is 4.34. The third kappa shape index (κ3) is 4.09. The molecular weight excluding hydrogens is 396 g/mol. The summed E-state index contributed by atoms with van der Waals surface area (Å²) in [5.74, 6) is -0.863. The summed E-state index contributed by atoms with van der Waals surface area (Å²) < 4.78 is 4.64. The normalized spacial score (nSPS) is 10.7. The Kier molecular flexibility index (Phi) is 5.61. The lowest BCUT2D eigenvalue weighted by Crippen LogP contribution is -2.21. The van der Waals surface area contributed by atoms with Crippen LogP contribution in [0, 0.1) is 0 Å². The van der Waals surface area contributed by atoms with E-state index in [1.165, 1.54) is 0 Å². The number of H-pyrrole nitrogens is 1. The van der Waals surface area contributed by atoms with Crippen LogP contribution in [-0.4, -0.2) is 32.7 Å². The smallest absolute Gasteiger partial charge is 0.439 e. The monoisotopic (exact) mass is 416 g/mol. The van der Waals surface area contributed by atoms with Crippen LogP contribution in [0.15, 0.2) is 76.2 Å². The first-order chi connectivity index (χ1) is 15.1. The van der Waals surface area contributed by atoms with Crippen molar-refractivity contribution in [2.75, 3.05) is 11.4 Å². The van der Waals surface area contributed by atoms with Gasteiger partial charge in [0.1, 0.15) is 11.4 Å². The van der Waals surface area contributed by atoms with Gasteiger partial charge in [-0.2, -0.15) is 0 Å². The molecule has 8 heteroatoms. The molecule has 31 heavy (non-hydrogen) atoms. The molecule has 4 rings (SSSR count). The van der Waals surface area contributed by atoms with E-state index in [4.69, 9.17) is 0 Å². The van der Waals surface area contributed by atoms with E-state index in [0.29, 0.717) is 18.2 Å². The molecule has 0 aliphatic carbocycles. The van der Waals surface area contributed by atoms with Gasteiger partial charge >= 0.3 is 11.7 Å².